The fourth-order valence-corrected chi connectivity index (χ4v) is 4.44. The number of rotatable bonds is 9. The van der Waals surface area contributed by atoms with Crippen LogP contribution in [0.3, 0.4) is 0 Å². The molecule has 3 heterocycles. The first-order valence-electron chi connectivity index (χ1n) is 10.1. The van der Waals surface area contributed by atoms with Gasteiger partial charge < -0.3 is 9.47 Å². The van der Waals surface area contributed by atoms with E-state index in [1.54, 1.807) is 42.1 Å². The van der Waals surface area contributed by atoms with Crippen LogP contribution in [-0.2, 0) is 14.8 Å². The number of nitrogens with one attached hydrogen (secondary N) is 1. The molecule has 2 unspecified atom stereocenters. The van der Waals surface area contributed by atoms with E-state index in [0.717, 1.165) is 18.4 Å². The molecule has 1 fully saturated rings. The maximum absolute atomic E-state index is 13.2. The predicted octanol–water partition coefficient (Wildman–Crippen LogP) is 2.30. The summed E-state index contributed by atoms with van der Waals surface area (Å²) in [5.41, 5.74) is 1.42. The van der Waals surface area contributed by atoms with E-state index in [2.05, 4.69) is 29.9 Å². The molecule has 4 rings (SSSR count). The molecule has 11 nitrogen and oxygen atoms in total. The smallest absolute Gasteiger partial charge is 0.240 e. The van der Waals surface area contributed by atoms with Crippen LogP contribution in [0.25, 0.3) is 11.5 Å². The van der Waals surface area contributed by atoms with E-state index in [4.69, 9.17) is 9.47 Å². The van der Waals surface area contributed by atoms with Crippen molar-refractivity contribution >= 4 is 16.0 Å². The van der Waals surface area contributed by atoms with E-state index in [1.165, 1.54) is 14.2 Å². The van der Waals surface area contributed by atoms with Gasteiger partial charge in [-0.15, -0.1) is 10.2 Å². The fraction of sp³-hybridized carbons (Fsp3) is 0.450. The van der Waals surface area contributed by atoms with Gasteiger partial charge in [-0.1, -0.05) is 6.07 Å². The van der Waals surface area contributed by atoms with E-state index < -0.39 is 21.4 Å². The van der Waals surface area contributed by atoms with E-state index in [-0.39, 0.29) is 12.0 Å². The normalized spacial score (nSPS) is 15.9. The summed E-state index contributed by atoms with van der Waals surface area (Å²) in [4.78, 5) is 12.9. The summed E-state index contributed by atoms with van der Waals surface area (Å²) in [6, 6.07) is 5.40. The summed E-state index contributed by atoms with van der Waals surface area (Å²) in [5, 5.41) is 7.34. The highest BCUT2D eigenvalue weighted by Crippen LogP contribution is 2.40. The number of aromatic nitrogens is 6. The molecular weight excluding hydrogens is 434 g/mol. The van der Waals surface area contributed by atoms with Crippen molar-refractivity contribution in [2.24, 2.45) is 0 Å². The Bertz CT molecular complexity index is 1190. The standard InChI is InChI=1S/C20H25N7O4S/c1-12-10-21-18(22-11-12)17(31-4)13(2)32(28,29)26-20-25-24-19(27(20)14-8-9-14)15-6-5-7-16(23-15)30-3/h5-7,10-11,13-14,17H,8-9H2,1-4H3,(H,25,26). The average molecular weight is 460 g/mol. The number of nitrogens with zero attached hydrogens (tertiary/aromatic N) is 6. The van der Waals surface area contributed by atoms with Crippen LogP contribution >= 0.6 is 0 Å². The van der Waals surface area contributed by atoms with Gasteiger partial charge in [0.2, 0.25) is 21.9 Å². The third-order valence-electron chi connectivity index (χ3n) is 5.23. The second kappa shape index (κ2) is 8.79. The van der Waals surface area contributed by atoms with Gasteiger partial charge in [-0.2, -0.15) is 0 Å². The zero-order chi connectivity index (χ0) is 22.9. The van der Waals surface area contributed by atoms with Crippen LogP contribution in [-0.4, -0.2) is 57.6 Å². The van der Waals surface area contributed by atoms with Crippen molar-refractivity contribution in [1.29, 1.82) is 0 Å². The second-order valence-corrected chi connectivity index (χ2v) is 9.68. The van der Waals surface area contributed by atoms with Gasteiger partial charge >= 0.3 is 0 Å². The topological polar surface area (TPSA) is 134 Å². The predicted molar refractivity (Wildman–Crippen MR) is 117 cm³/mol. The van der Waals surface area contributed by atoms with Crippen molar-refractivity contribution in [3.8, 4) is 17.4 Å². The Balaban J connectivity index is 1.64. The largest absolute Gasteiger partial charge is 0.481 e. The highest BCUT2D eigenvalue weighted by Gasteiger charge is 2.36. The maximum Gasteiger partial charge on any atom is 0.240 e. The molecule has 12 heteroatoms. The zero-order valence-electron chi connectivity index (χ0n) is 18.3. The number of methoxy groups -OCH3 is 2. The van der Waals surface area contributed by atoms with Gasteiger partial charge in [0, 0.05) is 31.6 Å². The molecule has 0 bridgehead atoms. The van der Waals surface area contributed by atoms with E-state index >= 15 is 0 Å². The summed E-state index contributed by atoms with van der Waals surface area (Å²) in [6.45, 7) is 3.40. The maximum atomic E-state index is 13.2. The summed E-state index contributed by atoms with van der Waals surface area (Å²) >= 11 is 0. The van der Waals surface area contributed by atoms with Crippen LogP contribution < -0.4 is 9.46 Å². The molecule has 1 aliphatic carbocycles. The Labute approximate surface area is 186 Å². The minimum absolute atomic E-state index is 0.0969. The Morgan fingerprint density at radius 1 is 1.16 bits per heavy atom. The molecule has 0 spiro atoms. The lowest BCUT2D eigenvalue weighted by molar-refractivity contribution is 0.0949. The first-order chi connectivity index (χ1) is 15.3. The van der Waals surface area contributed by atoms with Gasteiger partial charge in [-0.05, 0) is 38.3 Å². The fourth-order valence-electron chi connectivity index (χ4n) is 3.31. The Kier molecular flexibility index (Phi) is 6.07. The number of sulfonamides is 1. The molecule has 2 atom stereocenters. The molecule has 1 aliphatic rings. The van der Waals surface area contributed by atoms with Crippen LogP contribution in [0.15, 0.2) is 30.6 Å². The Hall–Kier alpha value is -3.12. The van der Waals surface area contributed by atoms with Crippen molar-refractivity contribution in [3.05, 3.63) is 42.0 Å². The third-order valence-corrected chi connectivity index (χ3v) is 6.92. The highest BCUT2D eigenvalue weighted by atomic mass is 32.2. The van der Waals surface area contributed by atoms with Crippen LogP contribution in [0.5, 0.6) is 5.88 Å². The van der Waals surface area contributed by atoms with Crippen LogP contribution in [0.2, 0.25) is 0 Å². The summed E-state index contributed by atoms with van der Waals surface area (Å²) in [5.74, 6) is 1.34. The van der Waals surface area contributed by atoms with Crippen LogP contribution in [0.4, 0.5) is 5.95 Å². The molecule has 0 amide bonds. The molecule has 0 aliphatic heterocycles. The summed E-state index contributed by atoms with van der Waals surface area (Å²) in [6.07, 6.45) is 4.19. The van der Waals surface area contributed by atoms with Crippen molar-refractivity contribution in [3.63, 3.8) is 0 Å². The molecule has 0 saturated heterocycles. The first-order valence-corrected chi connectivity index (χ1v) is 11.7. The number of anilines is 1. The van der Waals surface area contributed by atoms with Gasteiger partial charge in [0.05, 0.1) is 7.11 Å². The van der Waals surface area contributed by atoms with E-state index in [0.29, 0.717) is 23.2 Å². The summed E-state index contributed by atoms with van der Waals surface area (Å²) < 4.78 is 41.4. The number of hydrogen-bond acceptors (Lipinski definition) is 9. The lowest BCUT2D eigenvalue weighted by Gasteiger charge is -2.22. The zero-order valence-corrected chi connectivity index (χ0v) is 19.1. The average Bonchev–Trinajstić information content (AvgIpc) is 3.55. The van der Waals surface area contributed by atoms with Gasteiger partial charge in [0.15, 0.2) is 11.6 Å². The molecule has 32 heavy (non-hydrogen) atoms. The molecule has 170 valence electrons. The van der Waals surface area contributed by atoms with E-state index in [1.807, 2.05) is 6.92 Å². The second-order valence-electron chi connectivity index (χ2n) is 7.64. The minimum Gasteiger partial charge on any atom is -0.481 e. The molecule has 0 aromatic carbocycles. The van der Waals surface area contributed by atoms with Gasteiger partial charge in [0.1, 0.15) is 17.0 Å². The minimum atomic E-state index is -3.92. The third kappa shape index (κ3) is 4.41. The monoisotopic (exact) mass is 459 g/mol. The van der Waals surface area contributed by atoms with Crippen molar-refractivity contribution in [1.82, 2.24) is 29.7 Å². The van der Waals surface area contributed by atoms with Crippen LogP contribution in [0.1, 0.15) is 43.3 Å². The number of aryl methyl sites for hydroxylation is 1. The van der Waals surface area contributed by atoms with Crippen molar-refractivity contribution in [2.75, 3.05) is 18.9 Å². The Morgan fingerprint density at radius 3 is 2.50 bits per heavy atom. The summed E-state index contributed by atoms with van der Waals surface area (Å²) in [7, 11) is -0.956. The van der Waals surface area contributed by atoms with Crippen molar-refractivity contribution in [2.45, 2.75) is 44.1 Å². The molecule has 1 N–H and O–H groups in total. The quantitative estimate of drug-likeness (QED) is 0.511. The van der Waals surface area contributed by atoms with Gasteiger partial charge in [-0.3, -0.25) is 9.29 Å². The SMILES string of the molecule is COc1cccc(-c2nnc(NS(=O)(=O)C(C)C(OC)c3ncc(C)cn3)n2C2CC2)n1. The van der Waals surface area contributed by atoms with E-state index in [9.17, 15) is 8.42 Å². The molecule has 3 aromatic rings. The Morgan fingerprint density at radius 2 is 1.88 bits per heavy atom. The molecular formula is C20H25N7O4S. The van der Waals surface area contributed by atoms with Gasteiger partial charge in [-0.25, -0.2) is 23.4 Å². The van der Waals surface area contributed by atoms with Crippen molar-refractivity contribution < 1.29 is 17.9 Å². The number of pyridine rings is 1. The lowest BCUT2D eigenvalue weighted by Crippen LogP contribution is -2.33. The molecule has 0 radical (unpaired) electrons. The number of hydrogen-bond donors (Lipinski definition) is 1. The highest BCUT2D eigenvalue weighted by molar-refractivity contribution is 7.93. The molecule has 1 saturated carbocycles. The first kappa shape index (κ1) is 22.1. The van der Waals surface area contributed by atoms with Crippen LogP contribution in [0, 0.1) is 6.92 Å². The molecule has 3 aromatic heterocycles. The lowest BCUT2D eigenvalue weighted by atomic mass is 10.2. The number of ether oxygens (including phenoxy) is 2. The van der Waals surface area contributed by atoms with Gasteiger partial charge in [0.25, 0.3) is 0 Å².